The molecule has 0 aliphatic rings. The van der Waals surface area contributed by atoms with Gasteiger partial charge in [0.15, 0.2) is 12.2 Å². The fourth-order valence-corrected chi connectivity index (χ4v) is 17.0. The number of aliphatic hydroxyl groups is 1. The second kappa shape index (κ2) is 89.3. The minimum atomic E-state index is -4.97. The minimum absolute atomic E-state index is 0.110. The first-order valence-electron chi connectivity index (χ1n) is 50.2. The molecule has 0 aliphatic heterocycles. The maximum absolute atomic E-state index is 13.2. The molecule has 3 N–H and O–H groups in total. The molecule has 0 aromatic carbocycles. The molecule has 0 rings (SSSR count). The van der Waals surface area contributed by atoms with E-state index in [-0.39, 0.29) is 25.7 Å². The summed E-state index contributed by atoms with van der Waals surface area (Å²) in [7, 11) is -9.94. The Balaban J connectivity index is 5.25. The number of carbonyl (C=O) groups excluding carboxylic acids is 4. The summed E-state index contributed by atoms with van der Waals surface area (Å²) in [5, 5.41) is 10.7. The van der Waals surface area contributed by atoms with Gasteiger partial charge in [-0.25, -0.2) is 9.13 Å². The fraction of sp³-hybridized carbons (Fsp3) is 0.959. The van der Waals surface area contributed by atoms with Crippen LogP contribution in [-0.4, -0.2) is 96.7 Å². The lowest BCUT2D eigenvalue weighted by Gasteiger charge is -2.21. The monoisotopic (exact) mass is 1690 g/mol. The third kappa shape index (κ3) is 88.4. The smallest absolute Gasteiger partial charge is 0.462 e. The van der Waals surface area contributed by atoms with Crippen LogP contribution in [0.3, 0.4) is 0 Å². The second-order valence-electron chi connectivity index (χ2n) is 35.1. The molecule has 0 aliphatic carbocycles. The molecule has 0 bridgehead atoms. The van der Waals surface area contributed by atoms with Crippen molar-refractivity contribution in [2.45, 2.75) is 554 Å². The number of phosphoric acid groups is 2. The van der Waals surface area contributed by atoms with Crippen LogP contribution in [0.25, 0.3) is 0 Å². The van der Waals surface area contributed by atoms with E-state index in [4.69, 9.17) is 37.0 Å². The highest BCUT2D eigenvalue weighted by atomic mass is 31.2. The van der Waals surface area contributed by atoms with Crippen molar-refractivity contribution in [3.63, 3.8) is 0 Å². The highest BCUT2D eigenvalue weighted by Gasteiger charge is 2.31. The van der Waals surface area contributed by atoms with Crippen molar-refractivity contribution in [2.75, 3.05) is 39.6 Å². The number of ether oxygens (including phenoxy) is 4. The van der Waals surface area contributed by atoms with Crippen LogP contribution in [0, 0.1) is 5.92 Å². The summed E-state index contributed by atoms with van der Waals surface area (Å²) >= 11 is 0. The van der Waals surface area contributed by atoms with Crippen molar-refractivity contribution in [1.29, 1.82) is 0 Å². The van der Waals surface area contributed by atoms with E-state index < -0.39 is 97.5 Å². The number of aliphatic hydroxyl groups excluding tert-OH is 1. The molecule has 0 amide bonds. The summed E-state index contributed by atoms with van der Waals surface area (Å²) in [6.07, 6.45) is 87.6. The minimum Gasteiger partial charge on any atom is -0.462 e. The standard InChI is InChI=1S/C97H190O17P2/c1-6-10-13-16-19-22-25-28-30-32-34-36-38-42-46-51-56-61-66-71-76-81-95(100)108-87-93(114-97(102)83-78-73-68-63-58-53-48-44-40-39-41-45-50-54-59-64-69-74-79-90(5)9-4)89-112-116(105,106)110-85-91(98)84-109-115(103,104)111-88-92(86-107-94(99)80-75-70-65-60-55-49-27-24-21-18-15-12-8-3)113-96(101)82-77-72-67-62-57-52-47-43-37-35-33-31-29-26-23-20-17-14-11-7-2/h90-93,98H,6-89H2,1-5H3,(H,103,104)(H,105,106)/t90?,91-,92+,93+/m0/s1. The molecule has 6 atom stereocenters. The Morgan fingerprint density at radius 1 is 0.241 bits per heavy atom. The molecule has 0 radical (unpaired) electrons. The number of esters is 4. The quantitative estimate of drug-likeness (QED) is 0.0222. The maximum atomic E-state index is 13.2. The molecule has 0 saturated heterocycles. The zero-order chi connectivity index (χ0) is 84.7. The average molecular weight is 1690 g/mol. The number of hydrogen-bond acceptors (Lipinski definition) is 15. The van der Waals surface area contributed by atoms with Gasteiger partial charge in [-0.15, -0.1) is 0 Å². The van der Waals surface area contributed by atoms with Gasteiger partial charge in [0.2, 0.25) is 0 Å². The van der Waals surface area contributed by atoms with Gasteiger partial charge in [-0.2, -0.15) is 0 Å². The highest BCUT2D eigenvalue weighted by molar-refractivity contribution is 7.47. The zero-order valence-corrected chi connectivity index (χ0v) is 78.4. The summed E-state index contributed by atoms with van der Waals surface area (Å²) in [4.78, 5) is 73.6. The molecule has 19 heteroatoms. The normalized spacial score (nSPS) is 13.8. The lowest BCUT2D eigenvalue weighted by Crippen LogP contribution is -2.30. The van der Waals surface area contributed by atoms with E-state index in [0.717, 1.165) is 95.8 Å². The van der Waals surface area contributed by atoms with Crippen LogP contribution in [0.5, 0.6) is 0 Å². The highest BCUT2D eigenvalue weighted by Crippen LogP contribution is 2.45. The molecule has 0 aromatic rings. The molecule has 690 valence electrons. The van der Waals surface area contributed by atoms with Crippen LogP contribution in [0.15, 0.2) is 0 Å². The molecule has 0 aromatic heterocycles. The van der Waals surface area contributed by atoms with Crippen LogP contribution in [0.2, 0.25) is 0 Å². The van der Waals surface area contributed by atoms with Crippen molar-refractivity contribution in [3.8, 4) is 0 Å². The number of unbranched alkanes of at least 4 members (excludes halogenated alkanes) is 68. The predicted molar refractivity (Wildman–Crippen MR) is 483 cm³/mol. The number of phosphoric ester groups is 2. The average Bonchev–Trinajstić information content (AvgIpc) is 0.903. The molecular weight excluding hydrogens is 1500 g/mol. The van der Waals surface area contributed by atoms with Crippen LogP contribution < -0.4 is 0 Å². The SMILES string of the molecule is CCCCCCCCCCCCCCCCCCCCCCCC(=O)OC[C@H](COP(=O)(O)OC[C@@H](O)COP(=O)(O)OC[C@@H](COC(=O)CCCCCCCCCCCCCCC)OC(=O)CCCCCCCCCCCCCCCCCCCCCC)OC(=O)CCCCCCCCCCCCCCCCCCCCC(C)CC. The molecule has 0 fully saturated rings. The van der Waals surface area contributed by atoms with Crippen molar-refractivity contribution >= 4 is 39.5 Å². The van der Waals surface area contributed by atoms with Crippen molar-refractivity contribution in [3.05, 3.63) is 0 Å². The van der Waals surface area contributed by atoms with Crippen LogP contribution in [0.4, 0.5) is 0 Å². The van der Waals surface area contributed by atoms with Gasteiger partial charge in [0.25, 0.3) is 0 Å². The summed E-state index contributed by atoms with van der Waals surface area (Å²) in [5.41, 5.74) is 0. The fourth-order valence-electron chi connectivity index (χ4n) is 15.4. The predicted octanol–water partition coefficient (Wildman–Crippen LogP) is 30.7. The van der Waals surface area contributed by atoms with E-state index in [1.54, 1.807) is 0 Å². The lowest BCUT2D eigenvalue weighted by molar-refractivity contribution is -0.161. The van der Waals surface area contributed by atoms with Gasteiger partial charge in [0.05, 0.1) is 26.4 Å². The third-order valence-corrected chi connectivity index (χ3v) is 25.3. The molecule has 0 heterocycles. The Morgan fingerprint density at radius 3 is 0.612 bits per heavy atom. The van der Waals surface area contributed by atoms with E-state index >= 15 is 0 Å². The van der Waals surface area contributed by atoms with E-state index in [0.29, 0.717) is 25.7 Å². The van der Waals surface area contributed by atoms with Gasteiger partial charge in [0.1, 0.15) is 19.3 Å². The first-order chi connectivity index (χ1) is 56.6. The van der Waals surface area contributed by atoms with E-state index in [1.807, 2.05) is 0 Å². The molecule has 0 saturated carbocycles. The first-order valence-corrected chi connectivity index (χ1v) is 53.2. The topological polar surface area (TPSA) is 237 Å². The van der Waals surface area contributed by atoms with Crippen LogP contribution >= 0.6 is 15.6 Å². The lowest BCUT2D eigenvalue weighted by atomic mass is 9.99. The molecule has 116 heavy (non-hydrogen) atoms. The Bertz CT molecular complexity index is 2190. The Hall–Kier alpha value is -1.94. The number of carbonyl (C=O) groups is 4. The summed E-state index contributed by atoms with van der Waals surface area (Å²) in [6.45, 7) is 7.50. The van der Waals surface area contributed by atoms with E-state index in [9.17, 15) is 43.2 Å². The largest absolute Gasteiger partial charge is 0.472 e. The van der Waals surface area contributed by atoms with Crippen molar-refractivity contribution < 1.29 is 80.2 Å². The first kappa shape index (κ1) is 114. The number of rotatable bonds is 97. The Kier molecular flexibility index (Phi) is 87.8. The maximum Gasteiger partial charge on any atom is 0.472 e. The van der Waals surface area contributed by atoms with Crippen LogP contribution in [-0.2, 0) is 65.4 Å². The van der Waals surface area contributed by atoms with E-state index in [1.165, 1.54) is 360 Å². The Labute approximate surface area is 715 Å². The Morgan fingerprint density at radius 2 is 0.414 bits per heavy atom. The van der Waals surface area contributed by atoms with Gasteiger partial charge in [0, 0.05) is 25.7 Å². The van der Waals surface area contributed by atoms with Gasteiger partial charge >= 0.3 is 39.5 Å². The third-order valence-electron chi connectivity index (χ3n) is 23.4. The van der Waals surface area contributed by atoms with Crippen LogP contribution in [0.1, 0.15) is 535 Å². The molecule has 3 unspecified atom stereocenters. The van der Waals surface area contributed by atoms with Gasteiger partial charge < -0.3 is 33.8 Å². The zero-order valence-electron chi connectivity index (χ0n) is 76.7. The van der Waals surface area contributed by atoms with Gasteiger partial charge in [-0.3, -0.25) is 37.3 Å². The molecular formula is C97H190O17P2. The van der Waals surface area contributed by atoms with Crippen molar-refractivity contribution in [1.82, 2.24) is 0 Å². The molecule has 0 spiro atoms. The van der Waals surface area contributed by atoms with Gasteiger partial charge in [-0.1, -0.05) is 484 Å². The molecule has 17 nitrogen and oxygen atoms in total. The second-order valence-corrected chi connectivity index (χ2v) is 38.0. The number of hydrogen-bond donors (Lipinski definition) is 3. The summed E-state index contributed by atoms with van der Waals surface area (Å²) < 4.78 is 69.3. The van der Waals surface area contributed by atoms with Crippen molar-refractivity contribution in [2.24, 2.45) is 5.92 Å². The van der Waals surface area contributed by atoms with E-state index in [2.05, 4.69) is 34.6 Å². The summed E-state index contributed by atoms with van der Waals surface area (Å²) in [6, 6.07) is 0. The van der Waals surface area contributed by atoms with Gasteiger partial charge in [-0.05, 0) is 31.6 Å². The summed E-state index contributed by atoms with van der Waals surface area (Å²) in [5.74, 6) is -1.21.